The van der Waals surface area contributed by atoms with Gasteiger partial charge in [-0.2, -0.15) is 0 Å². The van der Waals surface area contributed by atoms with E-state index in [9.17, 15) is 4.79 Å². The first kappa shape index (κ1) is 13.0. The van der Waals surface area contributed by atoms with Crippen LogP contribution in [0.3, 0.4) is 0 Å². The van der Waals surface area contributed by atoms with E-state index in [-0.39, 0.29) is 11.9 Å². The smallest absolute Gasteiger partial charge is 0.237 e. The van der Waals surface area contributed by atoms with Crippen molar-refractivity contribution in [3.63, 3.8) is 0 Å². The van der Waals surface area contributed by atoms with Crippen molar-refractivity contribution in [1.82, 2.24) is 10.6 Å². The van der Waals surface area contributed by atoms with Gasteiger partial charge in [-0.3, -0.25) is 4.79 Å². The van der Waals surface area contributed by atoms with E-state index in [4.69, 9.17) is 6.42 Å². The molecule has 0 bridgehead atoms. The Morgan fingerprint density at radius 3 is 2.36 bits per heavy atom. The summed E-state index contributed by atoms with van der Waals surface area (Å²) in [5, 5.41) is 5.85. The molecule has 0 saturated carbocycles. The van der Waals surface area contributed by atoms with Gasteiger partial charge in [0.25, 0.3) is 0 Å². The minimum absolute atomic E-state index is 0.0459. The first-order valence-electron chi connectivity index (χ1n) is 4.96. The van der Waals surface area contributed by atoms with E-state index in [1.165, 1.54) is 0 Å². The highest BCUT2D eigenvalue weighted by atomic mass is 16.2. The third-order valence-corrected chi connectivity index (χ3v) is 2.27. The van der Waals surface area contributed by atoms with Gasteiger partial charge in [-0.15, -0.1) is 6.42 Å². The van der Waals surface area contributed by atoms with Crippen molar-refractivity contribution in [2.75, 3.05) is 6.54 Å². The summed E-state index contributed by atoms with van der Waals surface area (Å²) >= 11 is 0. The fourth-order valence-electron chi connectivity index (χ4n) is 0.954. The number of hydrogen-bond acceptors (Lipinski definition) is 2. The molecule has 0 spiro atoms. The van der Waals surface area contributed by atoms with Gasteiger partial charge in [0.2, 0.25) is 5.91 Å². The van der Waals surface area contributed by atoms with Crippen LogP contribution in [0, 0.1) is 18.3 Å². The first-order valence-corrected chi connectivity index (χ1v) is 4.96. The Labute approximate surface area is 86.6 Å². The summed E-state index contributed by atoms with van der Waals surface area (Å²) in [5.41, 5.74) is 0. The van der Waals surface area contributed by atoms with E-state index in [2.05, 4.69) is 37.3 Å². The summed E-state index contributed by atoms with van der Waals surface area (Å²) in [6.07, 6.45) is 5.04. The molecule has 0 aromatic heterocycles. The van der Waals surface area contributed by atoms with Crippen molar-refractivity contribution in [1.29, 1.82) is 0 Å². The van der Waals surface area contributed by atoms with Crippen molar-refractivity contribution < 1.29 is 4.79 Å². The minimum Gasteiger partial charge on any atom is -0.344 e. The zero-order chi connectivity index (χ0) is 11.1. The lowest BCUT2D eigenvalue weighted by Gasteiger charge is -2.21. The highest BCUT2D eigenvalue weighted by molar-refractivity contribution is 5.81. The summed E-state index contributed by atoms with van der Waals surface area (Å²) < 4.78 is 0. The van der Waals surface area contributed by atoms with E-state index in [1.54, 1.807) is 0 Å². The van der Waals surface area contributed by atoms with Crippen molar-refractivity contribution >= 4 is 5.91 Å². The Kier molecular flexibility index (Phi) is 5.98. The number of hydrogen-bond donors (Lipinski definition) is 2. The van der Waals surface area contributed by atoms with E-state index in [1.807, 2.05) is 6.92 Å². The van der Waals surface area contributed by atoms with Gasteiger partial charge in [-0.1, -0.05) is 19.8 Å². The molecule has 2 N–H and O–H groups in total. The van der Waals surface area contributed by atoms with Gasteiger partial charge in [-0.05, 0) is 19.8 Å². The molecule has 0 aliphatic rings. The van der Waals surface area contributed by atoms with Gasteiger partial charge in [-0.25, -0.2) is 0 Å². The topological polar surface area (TPSA) is 41.1 Å². The first-order chi connectivity index (χ1) is 6.49. The summed E-state index contributed by atoms with van der Waals surface area (Å²) in [4.78, 5) is 11.4. The molecule has 0 aliphatic carbocycles. The molecule has 1 amide bonds. The molecule has 0 rings (SSSR count). The lowest BCUT2D eigenvalue weighted by atomic mass is 10.1. The van der Waals surface area contributed by atoms with Crippen LogP contribution in [0.1, 0.15) is 27.7 Å². The van der Waals surface area contributed by atoms with E-state index in [0.717, 1.165) is 0 Å². The van der Waals surface area contributed by atoms with E-state index in [0.29, 0.717) is 18.5 Å². The number of terminal acetylenes is 1. The van der Waals surface area contributed by atoms with Crippen molar-refractivity contribution in [2.45, 2.75) is 39.8 Å². The van der Waals surface area contributed by atoms with Gasteiger partial charge >= 0.3 is 0 Å². The molecule has 3 nitrogen and oxygen atoms in total. The average molecular weight is 196 g/mol. The zero-order valence-electron chi connectivity index (χ0n) is 9.42. The molecule has 14 heavy (non-hydrogen) atoms. The molecule has 2 unspecified atom stereocenters. The minimum atomic E-state index is -0.194. The van der Waals surface area contributed by atoms with Crippen molar-refractivity contribution in [2.24, 2.45) is 5.92 Å². The predicted octanol–water partition coefficient (Wildman–Crippen LogP) is 0.758. The lowest BCUT2D eigenvalue weighted by molar-refractivity contribution is -0.122. The van der Waals surface area contributed by atoms with E-state index < -0.39 is 0 Å². The Morgan fingerprint density at radius 2 is 1.93 bits per heavy atom. The molecular weight excluding hydrogens is 176 g/mol. The third-order valence-electron chi connectivity index (χ3n) is 2.27. The Bertz CT molecular complexity index is 218. The molecule has 0 aromatic rings. The fraction of sp³-hybridized carbons (Fsp3) is 0.727. The molecule has 0 radical (unpaired) electrons. The number of amides is 1. The van der Waals surface area contributed by atoms with Crippen LogP contribution in [0.15, 0.2) is 0 Å². The van der Waals surface area contributed by atoms with Crippen LogP contribution in [-0.2, 0) is 4.79 Å². The Morgan fingerprint density at radius 1 is 1.36 bits per heavy atom. The van der Waals surface area contributed by atoms with E-state index >= 15 is 0 Å². The van der Waals surface area contributed by atoms with Gasteiger partial charge in [0.1, 0.15) is 0 Å². The highest BCUT2D eigenvalue weighted by Crippen LogP contribution is 2.00. The molecule has 80 valence electrons. The third kappa shape index (κ3) is 4.88. The molecular formula is C11H20N2O. The SMILES string of the molecule is C#CCNC(=O)C(C)NC(C)C(C)C. The quantitative estimate of drug-likeness (QED) is 0.637. The highest BCUT2D eigenvalue weighted by Gasteiger charge is 2.15. The Hall–Kier alpha value is -1.01. The summed E-state index contributed by atoms with van der Waals surface area (Å²) in [7, 11) is 0. The predicted molar refractivity (Wildman–Crippen MR) is 58.7 cm³/mol. The van der Waals surface area contributed by atoms with Crippen LogP contribution in [0.25, 0.3) is 0 Å². The second-order valence-corrected chi connectivity index (χ2v) is 3.84. The monoisotopic (exact) mass is 196 g/mol. The maximum Gasteiger partial charge on any atom is 0.237 e. The molecule has 0 heterocycles. The standard InChI is InChI=1S/C11H20N2O/c1-6-7-12-11(14)10(5)13-9(4)8(2)3/h1,8-10,13H,7H2,2-5H3,(H,12,14). The summed E-state index contributed by atoms with van der Waals surface area (Å²) in [6.45, 7) is 8.43. The van der Waals surface area contributed by atoms with Crippen LogP contribution < -0.4 is 10.6 Å². The maximum absolute atomic E-state index is 11.4. The van der Waals surface area contributed by atoms with Gasteiger partial charge in [0.15, 0.2) is 0 Å². The average Bonchev–Trinajstić information content (AvgIpc) is 2.13. The zero-order valence-corrected chi connectivity index (χ0v) is 9.42. The number of carbonyl (C=O) groups is 1. The molecule has 0 aromatic carbocycles. The lowest BCUT2D eigenvalue weighted by Crippen LogP contribution is -2.47. The molecule has 0 fully saturated rings. The second-order valence-electron chi connectivity index (χ2n) is 3.84. The van der Waals surface area contributed by atoms with Crippen LogP contribution in [0.4, 0.5) is 0 Å². The number of rotatable bonds is 5. The Balaban J connectivity index is 3.90. The van der Waals surface area contributed by atoms with Crippen molar-refractivity contribution in [3.8, 4) is 12.3 Å². The molecule has 0 aliphatic heterocycles. The van der Waals surface area contributed by atoms with Gasteiger partial charge in [0.05, 0.1) is 12.6 Å². The van der Waals surface area contributed by atoms with Crippen LogP contribution in [-0.4, -0.2) is 24.5 Å². The fourth-order valence-corrected chi connectivity index (χ4v) is 0.954. The van der Waals surface area contributed by atoms with Crippen LogP contribution in [0.2, 0.25) is 0 Å². The number of nitrogens with one attached hydrogen (secondary N) is 2. The normalized spacial score (nSPS) is 14.6. The van der Waals surface area contributed by atoms with Crippen molar-refractivity contribution in [3.05, 3.63) is 0 Å². The molecule has 3 heteroatoms. The summed E-state index contributed by atoms with van der Waals surface area (Å²) in [5.74, 6) is 2.84. The molecule has 2 atom stereocenters. The summed E-state index contributed by atoms with van der Waals surface area (Å²) in [6, 6.07) is 0.127. The second kappa shape index (κ2) is 6.44. The van der Waals surface area contributed by atoms with Crippen LogP contribution in [0.5, 0.6) is 0 Å². The number of carbonyl (C=O) groups excluding carboxylic acids is 1. The maximum atomic E-state index is 11.4. The molecule has 0 saturated heterocycles. The van der Waals surface area contributed by atoms with Gasteiger partial charge < -0.3 is 10.6 Å². The van der Waals surface area contributed by atoms with Crippen LogP contribution >= 0.6 is 0 Å². The largest absolute Gasteiger partial charge is 0.344 e. The van der Waals surface area contributed by atoms with Gasteiger partial charge in [0, 0.05) is 6.04 Å².